The summed E-state index contributed by atoms with van der Waals surface area (Å²) >= 11 is 0. The number of furan rings is 1. The van der Waals surface area contributed by atoms with Crippen molar-refractivity contribution in [2.24, 2.45) is 5.73 Å². The highest BCUT2D eigenvalue weighted by atomic mass is 16.3. The Bertz CT molecular complexity index is 502. The molecule has 0 spiro atoms. The lowest BCUT2D eigenvalue weighted by Gasteiger charge is -2.25. The number of rotatable bonds is 6. The van der Waals surface area contributed by atoms with Crippen molar-refractivity contribution in [1.82, 2.24) is 5.32 Å². The van der Waals surface area contributed by atoms with E-state index in [4.69, 9.17) is 10.2 Å². The minimum atomic E-state index is 0.105. The van der Waals surface area contributed by atoms with Gasteiger partial charge in [0.15, 0.2) is 0 Å². The second-order valence-corrected chi connectivity index (χ2v) is 5.36. The van der Waals surface area contributed by atoms with Crippen LogP contribution in [0.3, 0.4) is 0 Å². The standard InChI is InChI=1S/C15H22N2O/c1-15(2,8-9-16)17-10-7-12-11-18-14-6-4-3-5-13(12)14/h3-6,11,17H,7-10,16H2,1-2H3. The third-order valence-electron chi connectivity index (χ3n) is 3.33. The zero-order valence-electron chi connectivity index (χ0n) is 11.2. The minimum Gasteiger partial charge on any atom is -0.464 e. The molecule has 0 aliphatic heterocycles. The van der Waals surface area contributed by atoms with Gasteiger partial charge < -0.3 is 15.5 Å². The Morgan fingerprint density at radius 1 is 1.28 bits per heavy atom. The molecule has 0 fully saturated rings. The average Bonchev–Trinajstić information content (AvgIpc) is 2.73. The highest BCUT2D eigenvalue weighted by Gasteiger charge is 2.15. The first-order valence-electron chi connectivity index (χ1n) is 6.52. The highest BCUT2D eigenvalue weighted by molar-refractivity contribution is 5.80. The third-order valence-corrected chi connectivity index (χ3v) is 3.33. The molecule has 0 unspecified atom stereocenters. The van der Waals surface area contributed by atoms with Gasteiger partial charge in [-0.15, -0.1) is 0 Å². The van der Waals surface area contributed by atoms with Crippen LogP contribution < -0.4 is 11.1 Å². The Morgan fingerprint density at radius 2 is 2.06 bits per heavy atom. The van der Waals surface area contributed by atoms with Gasteiger partial charge >= 0.3 is 0 Å². The molecule has 1 heterocycles. The summed E-state index contributed by atoms with van der Waals surface area (Å²) in [5.41, 5.74) is 7.94. The van der Waals surface area contributed by atoms with Gasteiger partial charge in [-0.05, 0) is 51.4 Å². The Hall–Kier alpha value is -1.32. The number of fused-ring (bicyclic) bond motifs is 1. The van der Waals surface area contributed by atoms with E-state index in [1.165, 1.54) is 10.9 Å². The van der Waals surface area contributed by atoms with Crippen molar-refractivity contribution in [2.45, 2.75) is 32.2 Å². The van der Waals surface area contributed by atoms with Crippen molar-refractivity contribution in [1.29, 1.82) is 0 Å². The monoisotopic (exact) mass is 246 g/mol. The molecule has 0 saturated heterocycles. The fourth-order valence-electron chi connectivity index (χ4n) is 2.21. The smallest absolute Gasteiger partial charge is 0.134 e. The molecular weight excluding hydrogens is 224 g/mol. The van der Waals surface area contributed by atoms with Crippen molar-refractivity contribution in [3.63, 3.8) is 0 Å². The van der Waals surface area contributed by atoms with E-state index in [-0.39, 0.29) is 5.54 Å². The van der Waals surface area contributed by atoms with Gasteiger partial charge in [-0.25, -0.2) is 0 Å². The third kappa shape index (κ3) is 3.12. The lowest BCUT2D eigenvalue weighted by molar-refractivity contribution is 0.370. The van der Waals surface area contributed by atoms with Crippen LogP contribution in [0, 0.1) is 0 Å². The minimum absolute atomic E-state index is 0.105. The van der Waals surface area contributed by atoms with Gasteiger partial charge in [0.05, 0.1) is 6.26 Å². The van der Waals surface area contributed by atoms with Crippen LogP contribution in [-0.4, -0.2) is 18.6 Å². The molecule has 18 heavy (non-hydrogen) atoms. The molecule has 0 atom stereocenters. The van der Waals surface area contributed by atoms with Crippen LogP contribution in [0.1, 0.15) is 25.8 Å². The maximum atomic E-state index is 5.60. The Morgan fingerprint density at radius 3 is 2.83 bits per heavy atom. The van der Waals surface area contributed by atoms with Gasteiger partial charge in [0.25, 0.3) is 0 Å². The summed E-state index contributed by atoms with van der Waals surface area (Å²) in [5.74, 6) is 0. The van der Waals surface area contributed by atoms with Crippen molar-refractivity contribution >= 4 is 11.0 Å². The van der Waals surface area contributed by atoms with E-state index in [0.717, 1.165) is 25.0 Å². The summed E-state index contributed by atoms with van der Waals surface area (Å²) in [4.78, 5) is 0. The van der Waals surface area contributed by atoms with Crippen LogP contribution in [0.5, 0.6) is 0 Å². The predicted octanol–water partition coefficient (Wildman–Crippen LogP) is 2.69. The molecule has 0 aliphatic carbocycles. The lowest BCUT2D eigenvalue weighted by Crippen LogP contribution is -2.41. The number of benzene rings is 1. The largest absolute Gasteiger partial charge is 0.464 e. The number of hydrogen-bond donors (Lipinski definition) is 2. The van der Waals surface area contributed by atoms with Gasteiger partial charge in [0.2, 0.25) is 0 Å². The lowest BCUT2D eigenvalue weighted by atomic mass is 10.0. The Kier molecular flexibility index (Phi) is 4.04. The predicted molar refractivity (Wildman–Crippen MR) is 75.7 cm³/mol. The first-order chi connectivity index (χ1) is 8.62. The molecule has 0 bridgehead atoms. The second kappa shape index (κ2) is 5.55. The molecule has 3 nitrogen and oxygen atoms in total. The second-order valence-electron chi connectivity index (χ2n) is 5.36. The van der Waals surface area contributed by atoms with Gasteiger partial charge in [-0.1, -0.05) is 18.2 Å². The van der Waals surface area contributed by atoms with Crippen LogP contribution in [0.25, 0.3) is 11.0 Å². The maximum Gasteiger partial charge on any atom is 0.134 e. The van der Waals surface area contributed by atoms with Gasteiger partial charge in [-0.2, -0.15) is 0 Å². The topological polar surface area (TPSA) is 51.2 Å². The summed E-state index contributed by atoms with van der Waals surface area (Å²) in [7, 11) is 0. The Balaban J connectivity index is 1.94. The fraction of sp³-hybridized carbons (Fsp3) is 0.467. The average molecular weight is 246 g/mol. The molecule has 3 N–H and O–H groups in total. The highest BCUT2D eigenvalue weighted by Crippen LogP contribution is 2.21. The summed E-state index contributed by atoms with van der Waals surface area (Å²) in [6.07, 6.45) is 3.83. The molecule has 2 aromatic rings. The molecule has 0 saturated carbocycles. The van der Waals surface area contributed by atoms with Crippen LogP contribution in [0.4, 0.5) is 0 Å². The van der Waals surface area contributed by atoms with Crippen molar-refractivity contribution in [3.8, 4) is 0 Å². The first-order valence-corrected chi connectivity index (χ1v) is 6.52. The molecule has 3 heteroatoms. The van der Waals surface area contributed by atoms with Crippen LogP contribution in [-0.2, 0) is 6.42 Å². The van der Waals surface area contributed by atoms with E-state index in [0.29, 0.717) is 6.54 Å². The van der Waals surface area contributed by atoms with E-state index >= 15 is 0 Å². The normalized spacial score (nSPS) is 12.2. The quantitative estimate of drug-likeness (QED) is 0.824. The van der Waals surface area contributed by atoms with Crippen LogP contribution in [0.15, 0.2) is 34.9 Å². The van der Waals surface area contributed by atoms with E-state index < -0.39 is 0 Å². The van der Waals surface area contributed by atoms with Gasteiger partial charge in [0.1, 0.15) is 5.58 Å². The van der Waals surface area contributed by atoms with Crippen molar-refractivity contribution in [3.05, 3.63) is 36.1 Å². The molecule has 1 aromatic carbocycles. The summed E-state index contributed by atoms with van der Waals surface area (Å²) < 4.78 is 5.53. The Labute approximate surface area is 108 Å². The summed E-state index contributed by atoms with van der Waals surface area (Å²) in [6.45, 7) is 6.03. The van der Waals surface area contributed by atoms with Gasteiger partial charge in [0, 0.05) is 10.9 Å². The number of nitrogens with one attached hydrogen (secondary N) is 1. The molecule has 1 aromatic heterocycles. The zero-order valence-corrected chi connectivity index (χ0v) is 11.2. The number of hydrogen-bond acceptors (Lipinski definition) is 3. The fourth-order valence-corrected chi connectivity index (χ4v) is 2.21. The van der Waals surface area contributed by atoms with Gasteiger partial charge in [-0.3, -0.25) is 0 Å². The SMILES string of the molecule is CC(C)(CCN)NCCc1coc2ccccc12. The maximum absolute atomic E-state index is 5.60. The van der Waals surface area contributed by atoms with Crippen molar-refractivity contribution in [2.75, 3.05) is 13.1 Å². The molecule has 0 amide bonds. The van der Waals surface area contributed by atoms with Crippen LogP contribution in [0.2, 0.25) is 0 Å². The molecular formula is C15H22N2O. The summed E-state index contributed by atoms with van der Waals surface area (Å²) in [6, 6.07) is 8.16. The summed E-state index contributed by atoms with van der Waals surface area (Å²) in [5, 5.41) is 4.76. The molecule has 2 rings (SSSR count). The molecule has 98 valence electrons. The van der Waals surface area contributed by atoms with Crippen LogP contribution >= 0.6 is 0 Å². The first kappa shape index (κ1) is 13.1. The molecule has 0 radical (unpaired) electrons. The van der Waals surface area contributed by atoms with E-state index in [9.17, 15) is 0 Å². The zero-order chi connectivity index (χ0) is 13.0. The van der Waals surface area contributed by atoms with E-state index in [1.807, 2.05) is 24.5 Å². The van der Waals surface area contributed by atoms with E-state index in [2.05, 4.69) is 25.2 Å². The molecule has 0 aliphatic rings. The van der Waals surface area contributed by atoms with Crippen molar-refractivity contribution < 1.29 is 4.42 Å². The number of nitrogens with two attached hydrogens (primary N) is 1. The van der Waals surface area contributed by atoms with E-state index in [1.54, 1.807) is 0 Å². The number of para-hydroxylation sites is 1.